The van der Waals surface area contributed by atoms with Crippen molar-refractivity contribution in [2.45, 2.75) is 38.1 Å². The van der Waals surface area contributed by atoms with Crippen molar-refractivity contribution in [1.29, 1.82) is 0 Å². The molecule has 2 rings (SSSR count). The minimum atomic E-state index is -4.62. The lowest BCUT2D eigenvalue weighted by Crippen LogP contribution is -2.44. The van der Waals surface area contributed by atoms with Gasteiger partial charge in [0.05, 0.1) is 0 Å². The molecule has 0 spiro atoms. The van der Waals surface area contributed by atoms with Crippen LogP contribution in [-0.2, 0) is 0 Å². The highest BCUT2D eigenvalue weighted by Gasteiger charge is 2.44. The fourth-order valence-corrected chi connectivity index (χ4v) is 2.92. The van der Waals surface area contributed by atoms with E-state index in [4.69, 9.17) is 0 Å². The Hall–Kier alpha value is -1.21. The van der Waals surface area contributed by atoms with Gasteiger partial charge >= 0.3 is 6.18 Å². The lowest BCUT2D eigenvalue weighted by molar-refractivity contribution is -0.223. The first-order chi connectivity index (χ1) is 10.2. The first kappa shape index (κ1) is 17.1. The Labute approximate surface area is 125 Å². The highest BCUT2D eigenvalue weighted by atomic mass is 19.4. The maximum absolute atomic E-state index is 13.8. The zero-order valence-electron chi connectivity index (χ0n) is 12.1. The van der Waals surface area contributed by atoms with Crippen LogP contribution >= 0.6 is 0 Å². The molecule has 1 saturated heterocycles. The molecule has 124 valence electrons. The van der Waals surface area contributed by atoms with Crippen molar-refractivity contribution >= 4 is 0 Å². The first-order valence-corrected chi connectivity index (χ1v) is 7.14. The standard InChI is InChI=1S/C15H18F5NO/c1-9(12-8-11(16)2-3-13(12)17)21-6-4-10(5-7-21)14(22)15(18,19)20/h2-3,8-10,14,22H,4-7H2,1H3. The molecule has 0 bridgehead atoms. The van der Waals surface area contributed by atoms with Crippen LogP contribution in [0.2, 0.25) is 0 Å². The zero-order valence-corrected chi connectivity index (χ0v) is 12.1. The van der Waals surface area contributed by atoms with Gasteiger partial charge < -0.3 is 5.11 Å². The van der Waals surface area contributed by atoms with E-state index < -0.39 is 35.9 Å². The lowest BCUT2D eigenvalue weighted by Gasteiger charge is -2.38. The monoisotopic (exact) mass is 323 g/mol. The summed E-state index contributed by atoms with van der Waals surface area (Å²) in [6.07, 6.45) is -6.60. The number of rotatable bonds is 3. The van der Waals surface area contributed by atoms with Gasteiger partial charge in [-0.15, -0.1) is 0 Å². The zero-order chi connectivity index (χ0) is 16.5. The highest BCUT2D eigenvalue weighted by Crippen LogP contribution is 2.34. The largest absolute Gasteiger partial charge is 0.414 e. The van der Waals surface area contributed by atoms with Gasteiger partial charge in [0.25, 0.3) is 0 Å². The molecule has 1 fully saturated rings. The molecule has 2 atom stereocenters. The number of piperidine rings is 1. The minimum absolute atomic E-state index is 0.169. The molecule has 0 amide bonds. The Bertz CT molecular complexity index is 511. The average molecular weight is 323 g/mol. The first-order valence-electron chi connectivity index (χ1n) is 7.14. The summed E-state index contributed by atoms with van der Waals surface area (Å²) in [5, 5.41) is 9.28. The van der Waals surface area contributed by atoms with Crippen molar-refractivity contribution in [3.05, 3.63) is 35.4 Å². The summed E-state index contributed by atoms with van der Waals surface area (Å²) in [5.41, 5.74) is 0.190. The second-order valence-corrected chi connectivity index (χ2v) is 5.70. The van der Waals surface area contributed by atoms with Gasteiger partial charge in [-0.2, -0.15) is 13.2 Å². The molecule has 1 aliphatic heterocycles. The predicted octanol–water partition coefficient (Wildman–Crippen LogP) is 3.66. The SMILES string of the molecule is CC(c1cc(F)ccc1F)N1CCC(C(O)C(F)(F)F)CC1. The van der Waals surface area contributed by atoms with Crippen LogP contribution in [0.3, 0.4) is 0 Å². The average Bonchev–Trinajstić information content (AvgIpc) is 2.47. The van der Waals surface area contributed by atoms with Crippen molar-refractivity contribution in [2.75, 3.05) is 13.1 Å². The van der Waals surface area contributed by atoms with Gasteiger partial charge in [0.15, 0.2) is 6.10 Å². The number of aliphatic hydroxyl groups excluding tert-OH is 1. The summed E-state index contributed by atoms with van der Waals surface area (Å²) in [6, 6.07) is 2.75. The molecule has 2 unspecified atom stereocenters. The van der Waals surface area contributed by atoms with E-state index in [0.29, 0.717) is 13.1 Å². The van der Waals surface area contributed by atoms with E-state index in [1.54, 1.807) is 11.8 Å². The van der Waals surface area contributed by atoms with Crippen molar-refractivity contribution in [1.82, 2.24) is 4.90 Å². The van der Waals surface area contributed by atoms with Gasteiger partial charge in [-0.1, -0.05) is 0 Å². The number of halogens is 5. The molecule has 0 aliphatic carbocycles. The third-order valence-corrected chi connectivity index (χ3v) is 4.31. The molecule has 7 heteroatoms. The molecule has 1 N–H and O–H groups in total. The smallest absolute Gasteiger partial charge is 0.383 e. The summed E-state index contributed by atoms with van der Waals surface area (Å²) in [5.74, 6) is -1.93. The van der Waals surface area contributed by atoms with Crippen molar-refractivity contribution in [3.63, 3.8) is 0 Å². The predicted molar refractivity (Wildman–Crippen MR) is 71.1 cm³/mol. The van der Waals surface area contributed by atoms with E-state index in [9.17, 15) is 27.1 Å². The van der Waals surface area contributed by atoms with Gasteiger partial charge in [-0.25, -0.2) is 8.78 Å². The van der Waals surface area contributed by atoms with E-state index in [1.807, 2.05) is 0 Å². The molecule has 1 aliphatic rings. The molecule has 2 nitrogen and oxygen atoms in total. The molecule has 1 heterocycles. The molecule has 22 heavy (non-hydrogen) atoms. The number of aliphatic hydroxyl groups is 1. The van der Waals surface area contributed by atoms with E-state index in [2.05, 4.69) is 0 Å². The highest BCUT2D eigenvalue weighted by molar-refractivity contribution is 5.22. The van der Waals surface area contributed by atoms with Crippen LogP contribution in [0, 0.1) is 17.6 Å². The molecule has 0 radical (unpaired) electrons. The summed E-state index contributed by atoms with van der Waals surface area (Å²) in [6.45, 7) is 2.29. The maximum atomic E-state index is 13.8. The van der Waals surface area contributed by atoms with Crippen LogP contribution in [0.25, 0.3) is 0 Å². The Kier molecular flexibility index (Phi) is 5.07. The summed E-state index contributed by atoms with van der Waals surface area (Å²) < 4.78 is 64.5. The fraction of sp³-hybridized carbons (Fsp3) is 0.600. The number of hydrogen-bond donors (Lipinski definition) is 1. The topological polar surface area (TPSA) is 23.5 Å². The number of nitrogens with zero attached hydrogens (tertiary/aromatic N) is 1. The minimum Gasteiger partial charge on any atom is -0.383 e. The molecular formula is C15H18F5NO. The van der Waals surface area contributed by atoms with E-state index in [-0.39, 0.29) is 18.4 Å². The summed E-state index contributed by atoms with van der Waals surface area (Å²) >= 11 is 0. The van der Waals surface area contributed by atoms with Crippen molar-refractivity contribution in [3.8, 4) is 0 Å². The second-order valence-electron chi connectivity index (χ2n) is 5.70. The van der Waals surface area contributed by atoms with Gasteiger partial charge in [0.2, 0.25) is 0 Å². The molecule has 0 saturated carbocycles. The van der Waals surface area contributed by atoms with Crippen LogP contribution in [0.5, 0.6) is 0 Å². The molecule has 1 aromatic carbocycles. The third-order valence-electron chi connectivity index (χ3n) is 4.31. The van der Waals surface area contributed by atoms with E-state index in [0.717, 1.165) is 18.2 Å². The summed E-state index contributed by atoms with van der Waals surface area (Å²) in [4.78, 5) is 1.80. The lowest BCUT2D eigenvalue weighted by atomic mass is 9.89. The maximum Gasteiger partial charge on any atom is 0.414 e. The molecular weight excluding hydrogens is 305 g/mol. The Morgan fingerprint density at radius 1 is 1.18 bits per heavy atom. The number of alkyl halides is 3. The number of benzene rings is 1. The van der Waals surface area contributed by atoms with Gasteiger partial charge in [-0.3, -0.25) is 4.90 Å². The normalized spacial score (nSPS) is 20.9. The van der Waals surface area contributed by atoms with Crippen LogP contribution in [-0.4, -0.2) is 35.4 Å². The van der Waals surface area contributed by atoms with Gasteiger partial charge in [-0.05, 0) is 57.0 Å². The Balaban J connectivity index is 2.01. The van der Waals surface area contributed by atoms with Crippen molar-refractivity contribution < 1.29 is 27.1 Å². The fourth-order valence-electron chi connectivity index (χ4n) is 2.92. The van der Waals surface area contributed by atoms with Gasteiger partial charge in [0.1, 0.15) is 11.6 Å². The van der Waals surface area contributed by atoms with Gasteiger partial charge in [0, 0.05) is 11.6 Å². The Morgan fingerprint density at radius 3 is 2.32 bits per heavy atom. The Morgan fingerprint density at radius 2 is 1.77 bits per heavy atom. The molecule has 1 aromatic rings. The van der Waals surface area contributed by atoms with E-state index in [1.165, 1.54) is 0 Å². The second kappa shape index (κ2) is 6.50. The molecule has 0 aromatic heterocycles. The van der Waals surface area contributed by atoms with Crippen molar-refractivity contribution in [2.24, 2.45) is 5.92 Å². The quantitative estimate of drug-likeness (QED) is 0.858. The third kappa shape index (κ3) is 3.76. The van der Waals surface area contributed by atoms with Crippen LogP contribution in [0.4, 0.5) is 22.0 Å². The summed E-state index contributed by atoms with van der Waals surface area (Å²) in [7, 11) is 0. The van der Waals surface area contributed by atoms with Crippen LogP contribution in [0.15, 0.2) is 18.2 Å². The van der Waals surface area contributed by atoms with E-state index >= 15 is 0 Å². The van der Waals surface area contributed by atoms with Crippen LogP contribution < -0.4 is 0 Å². The van der Waals surface area contributed by atoms with Crippen LogP contribution in [0.1, 0.15) is 31.4 Å². The number of likely N-dealkylation sites (tertiary alicyclic amines) is 1. The number of hydrogen-bond acceptors (Lipinski definition) is 2.